The average molecular weight is 223 g/mol. The van der Waals surface area contributed by atoms with E-state index in [2.05, 4.69) is 0 Å². The number of aliphatic hydroxyl groups excluding tert-OH is 3. The fourth-order valence-corrected chi connectivity index (χ4v) is 2.14. The van der Waals surface area contributed by atoms with Gasteiger partial charge in [-0.2, -0.15) is 0 Å². The quantitative estimate of drug-likeness (QED) is 0.662. The van der Waals surface area contributed by atoms with Gasteiger partial charge < -0.3 is 20.2 Å². The highest BCUT2D eigenvalue weighted by Crippen LogP contribution is 2.25. The lowest BCUT2D eigenvalue weighted by molar-refractivity contribution is 0.0572. The second-order valence-electron chi connectivity index (χ2n) is 4.32. The second-order valence-corrected chi connectivity index (χ2v) is 4.32. The van der Waals surface area contributed by atoms with Gasteiger partial charge in [0.15, 0.2) is 0 Å². The van der Waals surface area contributed by atoms with Crippen molar-refractivity contribution in [3.8, 4) is 0 Å². The van der Waals surface area contributed by atoms with Gasteiger partial charge in [0.25, 0.3) is 0 Å². The van der Waals surface area contributed by atoms with E-state index in [-0.39, 0.29) is 6.61 Å². The van der Waals surface area contributed by atoms with E-state index >= 15 is 0 Å². The molecule has 2 rings (SSSR count). The highest BCUT2D eigenvalue weighted by atomic mass is 16.3. The van der Waals surface area contributed by atoms with E-state index in [4.69, 9.17) is 5.11 Å². The molecule has 0 aromatic heterocycles. The number of aliphatic hydroxyl groups is 3. The minimum atomic E-state index is -0.670. The molecule has 3 N–H and O–H groups in total. The fourth-order valence-electron chi connectivity index (χ4n) is 2.14. The number of hydrogen-bond donors (Lipinski definition) is 3. The van der Waals surface area contributed by atoms with E-state index < -0.39 is 12.2 Å². The van der Waals surface area contributed by atoms with Crippen LogP contribution >= 0.6 is 0 Å². The number of aryl methyl sites for hydroxylation is 1. The second kappa shape index (κ2) is 4.41. The Kier molecular flexibility index (Phi) is 3.14. The van der Waals surface area contributed by atoms with E-state index in [1.807, 2.05) is 30.0 Å². The van der Waals surface area contributed by atoms with E-state index in [0.717, 1.165) is 16.8 Å². The summed E-state index contributed by atoms with van der Waals surface area (Å²) in [6.45, 7) is 2.92. The molecule has 1 saturated heterocycles. The van der Waals surface area contributed by atoms with Gasteiger partial charge in [0.05, 0.1) is 18.8 Å². The molecule has 0 amide bonds. The molecule has 2 unspecified atom stereocenters. The number of hydrogen-bond acceptors (Lipinski definition) is 4. The number of benzene rings is 1. The van der Waals surface area contributed by atoms with Crippen molar-refractivity contribution in [2.24, 2.45) is 0 Å². The van der Waals surface area contributed by atoms with Crippen LogP contribution in [0.5, 0.6) is 0 Å². The van der Waals surface area contributed by atoms with Gasteiger partial charge in [-0.15, -0.1) is 0 Å². The molecule has 1 heterocycles. The van der Waals surface area contributed by atoms with Gasteiger partial charge in [-0.05, 0) is 24.1 Å². The van der Waals surface area contributed by atoms with Crippen LogP contribution in [0.15, 0.2) is 18.2 Å². The molecule has 0 saturated carbocycles. The molecule has 4 nitrogen and oxygen atoms in total. The Bertz CT molecular complexity index is 371. The van der Waals surface area contributed by atoms with Crippen molar-refractivity contribution in [1.82, 2.24) is 0 Å². The minimum Gasteiger partial charge on any atom is -0.392 e. The monoisotopic (exact) mass is 223 g/mol. The van der Waals surface area contributed by atoms with Crippen LogP contribution in [-0.2, 0) is 6.61 Å². The first-order valence-electron chi connectivity index (χ1n) is 5.43. The zero-order valence-electron chi connectivity index (χ0n) is 9.30. The molecule has 0 spiro atoms. The lowest BCUT2D eigenvalue weighted by atomic mass is 10.1. The molecule has 0 radical (unpaired) electrons. The Morgan fingerprint density at radius 2 is 1.88 bits per heavy atom. The Balaban J connectivity index is 2.22. The number of β-amino-alcohol motifs (C(OH)–C–C–N with tert-alkyl or cyclic N) is 2. The molecule has 2 atom stereocenters. The summed E-state index contributed by atoms with van der Waals surface area (Å²) in [5.41, 5.74) is 2.93. The molecule has 1 aliphatic heterocycles. The van der Waals surface area contributed by atoms with Gasteiger partial charge in [-0.25, -0.2) is 0 Å². The molecule has 1 aromatic rings. The first-order chi connectivity index (χ1) is 7.61. The molecule has 4 heteroatoms. The molecule has 0 aliphatic carbocycles. The lowest BCUT2D eigenvalue weighted by Gasteiger charge is -2.20. The zero-order valence-corrected chi connectivity index (χ0v) is 9.30. The van der Waals surface area contributed by atoms with E-state index in [9.17, 15) is 10.2 Å². The summed E-state index contributed by atoms with van der Waals surface area (Å²) in [6, 6.07) is 5.71. The van der Waals surface area contributed by atoms with Crippen molar-refractivity contribution in [3.05, 3.63) is 29.3 Å². The molecule has 88 valence electrons. The lowest BCUT2D eigenvalue weighted by Crippen LogP contribution is -2.22. The van der Waals surface area contributed by atoms with Crippen LogP contribution in [0.3, 0.4) is 0 Å². The third-order valence-electron chi connectivity index (χ3n) is 3.04. The predicted octanol–water partition coefficient (Wildman–Crippen LogP) is 0.0291. The third-order valence-corrected chi connectivity index (χ3v) is 3.04. The summed E-state index contributed by atoms with van der Waals surface area (Å²) in [6.07, 6.45) is -1.34. The molecule has 1 aromatic carbocycles. The van der Waals surface area contributed by atoms with Crippen LogP contribution < -0.4 is 4.90 Å². The van der Waals surface area contributed by atoms with Gasteiger partial charge in [0.2, 0.25) is 0 Å². The highest BCUT2D eigenvalue weighted by molar-refractivity contribution is 5.55. The highest BCUT2D eigenvalue weighted by Gasteiger charge is 2.30. The van der Waals surface area contributed by atoms with Gasteiger partial charge in [-0.3, -0.25) is 0 Å². The zero-order chi connectivity index (χ0) is 11.7. The number of nitrogens with zero attached hydrogens (tertiary/aromatic N) is 1. The van der Waals surface area contributed by atoms with Crippen LogP contribution in [0.25, 0.3) is 0 Å². The minimum absolute atomic E-state index is 0.0341. The third kappa shape index (κ3) is 2.04. The number of anilines is 1. The van der Waals surface area contributed by atoms with Crippen LogP contribution in [0.1, 0.15) is 11.1 Å². The van der Waals surface area contributed by atoms with Crippen molar-refractivity contribution in [2.75, 3.05) is 18.0 Å². The van der Waals surface area contributed by atoms with Crippen molar-refractivity contribution in [3.63, 3.8) is 0 Å². The van der Waals surface area contributed by atoms with Crippen molar-refractivity contribution in [1.29, 1.82) is 0 Å². The predicted molar refractivity (Wildman–Crippen MR) is 61.3 cm³/mol. The summed E-state index contributed by atoms with van der Waals surface area (Å²) in [5.74, 6) is 0. The van der Waals surface area contributed by atoms with E-state index in [1.54, 1.807) is 0 Å². The SMILES string of the molecule is Cc1cc(CO)ccc1N1CC(O)C(O)C1. The maximum absolute atomic E-state index is 9.49. The largest absolute Gasteiger partial charge is 0.392 e. The van der Waals surface area contributed by atoms with Crippen molar-refractivity contribution < 1.29 is 15.3 Å². The van der Waals surface area contributed by atoms with Gasteiger partial charge in [-0.1, -0.05) is 12.1 Å². The molecule has 16 heavy (non-hydrogen) atoms. The standard InChI is InChI=1S/C12H17NO3/c1-8-4-9(7-14)2-3-10(8)13-5-11(15)12(16)6-13/h2-4,11-12,14-16H,5-7H2,1H3. The number of rotatable bonds is 2. The Morgan fingerprint density at radius 3 is 2.38 bits per heavy atom. The first-order valence-corrected chi connectivity index (χ1v) is 5.43. The molecule has 1 fully saturated rings. The first kappa shape index (κ1) is 11.4. The van der Waals surface area contributed by atoms with Crippen LogP contribution in [0, 0.1) is 6.92 Å². The van der Waals surface area contributed by atoms with Gasteiger partial charge in [0, 0.05) is 18.8 Å². The average Bonchev–Trinajstić information content (AvgIpc) is 2.58. The molecule has 0 bridgehead atoms. The summed E-state index contributed by atoms with van der Waals surface area (Å²) in [4.78, 5) is 1.96. The smallest absolute Gasteiger partial charge is 0.0990 e. The van der Waals surface area contributed by atoms with E-state index in [0.29, 0.717) is 13.1 Å². The molecular formula is C12H17NO3. The van der Waals surface area contributed by atoms with Gasteiger partial charge in [0.1, 0.15) is 0 Å². The van der Waals surface area contributed by atoms with Crippen molar-refractivity contribution >= 4 is 5.69 Å². The topological polar surface area (TPSA) is 63.9 Å². The maximum atomic E-state index is 9.49. The summed E-state index contributed by atoms with van der Waals surface area (Å²) in [7, 11) is 0. The Labute approximate surface area is 94.8 Å². The van der Waals surface area contributed by atoms with Crippen LogP contribution in [0.2, 0.25) is 0 Å². The Hall–Kier alpha value is -1.10. The fraction of sp³-hybridized carbons (Fsp3) is 0.500. The van der Waals surface area contributed by atoms with E-state index in [1.165, 1.54) is 0 Å². The summed E-state index contributed by atoms with van der Waals surface area (Å²) in [5, 5.41) is 28.0. The van der Waals surface area contributed by atoms with Crippen LogP contribution in [0.4, 0.5) is 5.69 Å². The normalized spacial score (nSPS) is 25.1. The van der Waals surface area contributed by atoms with Crippen LogP contribution in [-0.4, -0.2) is 40.6 Å². The summed E-state index contributed by atoms with van der Waals surface area (Å²) < 4.78 is 0. The van der Waals surface area contributed by atoms with Gasteiger partial charge >= 0.3 is 0 Å². The molecule has 1 aliphatic rings. The summed E-state index contributed by atoms with van der Waals surface area (Å²) >= 11 is 0. The van der Waals surface area contributed by atoms with Crippen molar-refractivity contribution in [2.45, 2.75) is 25.7 Å². The molecular weight excluding hydrogens is 206 g/mol. The Morgan fingerprint density at radius 1 is 1.25 bits per heavy atom. The maximum Gasteiger partial charge on any atom is 0.0990 e.